The second kappa shape index (κ2) is 10.3. The van der Waals surface area contributed by atoms with Crippen LogP contribution >= 0.6 is 11.8 Å². The van der Waals surface area contributed by atoms with Crippen molar-refractivity contribution in [3.8, 4) is 0 Å². The van der Waals surface area contributed by atoms with Crippen LogP contribution in [-0.2, 0) is 11.3 Å². The molecule has 0 unspecified atom stereocenters. The number of rotatable bonds is 7. The van der Waals surface area contributed by atoms with Gasteiger partial charge in [-0.25, -0.2) is 4.21 Å². The fourth-order valence-electron chi connectivity index (χ4n) is 1.23. The van der Waals surface area contributed by atoms with E-state index in [1.54, 1.807) is 11.8 Å². The van der Waals surface area contributed by atoms with E-state index < -0.39 is 0 Å². The Morgan fingerprint density at radius 1 is 1.08 bits per heavy atom. The van der Waals surface area contributed by atoms with E-state index in [2.05, 4.69) is 6.92 Å². The smallest absolute Gasteiger partial charge is 0.0990 e. The van der Waals surface area contributed by atoms with Gasteiger partial charge in [0.15, 0.2) is 0 Å². The summed E-state index contributed by atoms with van der Waals surface area (Å²) in [6, 6.07) is 0. The summed E-state index contributed by atoms with van der Waals surface area (Å²) in [5.74, 6) is 0. The molecule has 3 heteroatoms. The van der Waals surface area contributed by atoms with E-state index in [1.165, 1.54) is 38.5 Å². The van der Waals surface area contributed by atoms with Crippen LogP contribution < -0.4 is 0 Å². The summed E-state index contributed by atoms with van der Waals surface area (Å²) in [7, 11) is 0. The molecule has 0 heterocycles. The van der Waals surface area contributed by atoms with Crippen LogP contribution in [0, 0.1) is 0 Å². The van der Waals surface area contributed by atoms with Gasteiger partial charge in [-0.2, -0.15) is 0 Å². The third kappa shape index (κ3) is 8.57. The zero-order chi connectivity index (χ0) is 9.94. The molecule has 0 saturated carbocycles. The van der Waals surface area contributed by atoms with E-state index in [9.17, 15) is 4.21 Å². The molecule has 13 heavy (non-hydrogen) atoms. The molecule has 0 fully saturated rings. The summed E-state index contributed by atoms with van der Waals surface area (Å²) in [4.78, 5) is 0. The van der Waals surface area contributed by atoms with Crippen molar-refractivity contribution in [1.29, 1.82) is 0 Å². The van der Waals surface area contributed by atoms with Crippen molar-refractivity contribution >= 4 is 27.2 Å². The SMILES string of the molecule is CCCCCCCCC(SC)=S=O. The topological polar surface area (TPSA) is 17.1 Å². The largest absolute Gasteiger partial charge is 0.212 e. The molecule has 0 aromatic heterocycles. The van der Waals surface area contributed by atoms with Gasteiger partial charge in [0, 0.05) is 0 Å². The molecule has 0 amide bonds. The van der Waals surface area contributed by atoms with E-state index in [1.807, 2.05) is 6.26 Å². The summed E-state index contributed by atoms with van der Waals surface area (Å²) < 4.78 is 11.5. The van der Waals surface area contributed by atoms with Crippen LogP contribution in [0.2, 0.25) is 0 Å². The second-order valence-corrected chi connectivity index (χ2v) is 5.00. The maximum atomic E-state index is 10.5. The molecule has 0 spiro atoms. The van der Waals surface area contributed by atoms with Crippen LogP contribution in [0.1, 0.15) is 51.9 Å². The molecule has 0 N–H and O–H groups in total. The summed E-state index contributed by atoms with van der Waals surface area (Å²) in [6.07, 6.45) is 10.8. The van der Waals surface area contributed by atoms with Crippen molar-refractivity contribution in [2.75, 3.05) is 6.26 Å². The highest BCUT2D eigenvalue weighted by Gasteiger charge is 1.96. The number of hydrogen-bond donors (Lipinski definition) is 0. The molecule has 0 aliphatic carbocycles. The zero-order valence-electron chi connectivity index (χ0n) is 8.67. The third-order valence-electron chi connectivity index (χ3n) is 2.06. The molecule has 0 bridgehead atoms. The van der Waals surface area contributed by atoms with Gasteiger partial charge >= 0.3 is 0 Å². The maximum Gasteiger partial charge on any atom is 0.0990 e. The highest BCUT2D eigenvalue weighted by molar-refractivity contribution is 8.20. The highest BCUT2D eigenvalue weighted by Crippen LogP contribution is 2.10. The normalized spacial score (nSPS) is 10.0. The van der Waals surface area contributed by atoms with E-state index in [0.29, 0.717) is 11.3 Å². The minimum Gasteiger partial charge on any atom is -0.212 e. The summed E-state index contributed by atoms with van der Waals surface area (Å²) in [6.45, 7) is 2.23. The minimum absolute atomic E-state index is 0.668. The van der Waals surface area contributed by atoms with E-state index in [-0.39, 0.29) is 0 Å². The predicted octanol–water partition coefficient (Wildman–Crippen LogP) is 3.44. The lowest BCUT2D eigenvalue weighted by atomic mass is 10.1. The molecular weight excluding hydrogens is 200 g/mol. The fraction of sp³-hybridized carbons (Fsp3) is 0.900. The van der Waals surface area contributed by atoms with E-state index in [4.69, 9.17) is 0 Å². The molecule has 0 aliphatic heterocycles. The molecule has 1 nitrogen and oxygen atoms in total. The first-order chi connectivity index (χ1) is 6.35. The predicted molar refractivity (Wildman–Crippen MR) is 64.7 cm³/mol. The van der Waals surface area contributed by atoms with Crippen LogP contribution in [0.3, 0.4) is 0 Å². The quantitative estimate of drug-likeness (QED) is 0.483. The van der Waals surface area contributed by atoms with Gasteiger partial charge in [-0.3, -0.25) is 0 Å². The molecule has 0 radical (unpaired) electrons. The number of hydrogen-bond acceptors (Lipinski definition) is 2. The zero-order valence-corrected chi connectivity index (χ0v) is 10.3. The first-order valence-electron chi connectivity index (χ1n) is 5.04. The Bertz CT molecular complexity index is 162. The van der Waals surface area contributed by atoms with Crippen molar-refractivity contribution in [2.45, 2.75) is 51.9 Å². The Kier molecular flexibility index (Phi) is 10.5. The van der Waals surface area contributed by atoms with Gasteiger partial charge in [0.1, 0.15) is 0 Å². The van der Waals surface area contributed by atoms with E-state index >= 15 is 0 Å². The lowest BCUT2D eigenvalue weighted by Crippen LogP contribution is -1.90. The van der Waals surface area contributed by atoms with Crippen molar-refractivity contribution in [1.82, 2.24) is 0 Å². The third-order valence-corrected chi connectivity index (χ3v) is 3.81. The first kappa shape index (κ1) is 13.2. The van der Waals surface area contributed by atoms with Gasteiger partial charge in [-0.05, 0) is 19.1 Å². The van der Waals surface area contributed by atoms with Crippen LogP contribution in [0.15, 0.2) is 0 Å². The second-order valence-electron chi connectivity index (χ2n) is 3.18. The minimum atomic E-state index is 0.668. The Labute approximate surface area is 89.8 Å². The van der Waals surface area contributed by atoms with Crippen LogP contribution in [0.25, 0.3) is 0 Å². The van der Waals surface area contributed by atoms with Gasteiger partial charge in [0.2, 0.25) is 0 Å². The number of thioether (sulfide) groups is 1. The van der Waals surface area contributed by atoms with Crippen molar-refractivity contribution in [3.63, 3.8) is 0 Å². The van der Waals surface area contributed by atoms with Crippen LogP contribution in [-0.4, -0.2) is 14.7 Å². The van der Waals surface area contributed by atoms with Crippen LogP contribution in [0.4, 0.5) is 0 Å². The Balaban J connectivity index is 3.20. The molecule has 0 saturated heterocycles. The Morgan fingerprint density at radius 3 is 2.23 bits per heavy atom. The highest BCUT2D eigenvalue weighted by atomic mass is 32.2. The molecule has 0 aromatic carbocycles. The lowest BCUT2D eigenvalue weighted by Gasteiger charge is -2.00. The molecule has 0 rings (SSSR count). The monoisotopic (exact) mass is 220 g/mol. The Hall–Kier alpha value is 0.240. The van der Waals surface area contributed by atoms with Gasteiger partial charge in [-0.1, -0.05) is 39.0 Å². The Morgan fingerprint density at radius 2 is 1.69 bits per heavy atom. The van der Waals surface area contributed by atoms with Crippen LogP contribution in [0.5, 0.6) is 0 Å². The van der Waals surface area contributed by atoms with Gasteiger partial charge in [0.25, 0.3) is 0 Å². The molecule has 0 aliphatic rings. The molecular formula is C10H20OS2. The number of unbranched alkanes of at least 4 members (excludes halogenated alkanes) is 5. The average Bonchev–Trinajstić information content (AvgIpc) is 2.17. The average molecular weight is 220 g/mol. The van der Waals surface area contributed by atoms with Gasteiger partial charge < -0.3 is 0 Å². The van der Waals surface area contributed by atoms with Crippen molar-refractivity contribution in [3.05, 3.63) is 0 Å². The maximum absolute atomic E-state index is 10.5. The summed E-state index contributed by atoms with van der Waals surface area (Å²) in [5.41, 5.74) is 0. The van der Waals surface area contributed by atoms with Crippen molar-refractivity contribution < 1.29 is 4.21 Å². The van der Waals surface area contributed by atoms with Gasteiger partial charge in [0.05, 0.1) is 15.5 Å². The first-order valence-corrected chi connectivity index (χ1v) is 7.01. The molecule has 0 aromatic rings. The molecule has 0 atom stereocenters. The van der Waals surface area contributed by atoms with Crippen molar-refractivity contribution in [2.24, 2.45) is 0 Å². The molecule has 78 valence electrons. The standard InChI is InChI=1S/C10H20OS2/c1-3-4-5-6-7-8-9-10(12-2)13-11/h3-9H2,1-2H3. The lowest BCUT2D eigenvalue weighted by molar-refractivity contribution is 0.617. The summed E-state index contributed by atoms with van der Waals surface area (Å²) >= 11 is 2.27. The van der Waals surface area contributed by atoms with E-state index in [0.717, 1.165) is 10.6 Å². The van der Waals surface area contributed by atoms with Gasteiger partial charge in [-0.15, -0.1) is 11.8 Å². The summed E-state index contributed by atoms with van der Waals surface area (Å²) in [5, 5.41) is 0. The fourth-order valence-corrected chi connectivity index (χ4v) is 2.08.